The van der Waals surface area contributed by atoms with Crippen LogP contribution in [0.25, 0.3) is 11.5 Å². The molecule has 0 spiro atoms. The van der Waals surface area contributed by atoms with Gasteiger partial charge in [0.15, 0.2) is 5.82 Å². The number of nitrogens with zero attached hydrogens (tertiary/aromatic N) is 4. The Bertz CT molecular complexity index is 621. The van der Waals surface area contributed by atoms with E-state index < -0.39 is 0 Å². The van der Waals surface area contributed by atoms with E-state index in [4.69, 9.17) is 10.3 Å². The maximum atomic E-state index is 5.94. The topological polar surface area (TPSA) is 81.1 Å². The van der Waals surface area contributed by atoms with Gasteiger partial charge in [-0.05, 0) is 25.0 Å². The fourth-order valence-corrected chi connectivity index (χ4v) is 2.47. The van der Waals surface area contributed by atoms with Crippen LogP contribution in [0, 0.1) is 0 Å². The third kappa shape index (κ3) is 3.11. The van der Waals surface area contributed by atoms with E-state index in [1.54, 1.807) is 6.20 Å². The van der Waals surface area contributed by atoms with Crippen LogP contribution in [-0.4, -0.2) is 34.3 Å². The van der Waals surface area contributed by atoms with Crippen molar-refractivity contribution in [2.75, 3.05) is 18.0 Å². The smallest absolute Gasteiger partial charge is 0.259 e. The van der Waals surface area contributed by atoms with Crippen molar-refractivity contribution in [3.05, 3.63) is 24.2 Å². The molecule has 0 radical (unpaired) electrons. The third-order valence-corrected chi connectivity index (χ3v) is 3.96. The molecule has 118 valence electrons. The van der Waals surface area contributed by atoms with E-state index in [-0.39, 0.29) is 5.41 Å². The van der Waals surface area contributed by atoms with Crippen LogP contribution in [-0.2, 0) is 5.41 Å². The molecule has 3 heterocycles. The first-order valence-electron chi connectivity index (χ1n) is 7.74. The molecule has 6 heteroatoms. The minimum Gasteiger partial charge on any atom is -0.357 e. The summed E-state index contributed by atoms with van der Waals surface area (Å²) in [6.07, 6.45) is 3.83. The minimum absolute atomic E-state index is 0.123. The van der Waals surface area contributed by atoms with E-state index in [0.717, 1.165) is 37.3 Å². The van der Waals surface area contributed by atoms with E-state index in [9.17, 15) is 0 Å². The van der Waals surface area contributed by atoms with Gasteiger partial charge in [-0.3, -0.25) is 0 Å². The Hall–Kier alpha value is -1.95. The lowest BCUT2D eigenvalue weighted by Gasteiger charge is -2.31. The molecule has 1 saturated heterocycles. The summed E-state index contributed by atoms with van der Waals surface area (Å²) in [5.41, 5.74) is 6.66. The van der Waals surface area contributed by atoms with Crippen molar-refractivity contribution >= 4 is 5.82 Å². The monoisotopic (exact) mass is 301 g/mol. The average Bonchev–Trinajstić information content (AvgIpc) is 2.98. The Morgan fingerprint density at radius 1 is 1.23 bits per heavy atom. The van der Waals surface area contributed by atoms with Crippen LogP contribution in [0.5, 0.6) is 0 Å². The van der Waals surface area contributed by atoms with Gasteiger partial charge in [-0.15, -0.1) is 0 Å². The molecule has 0 saturated carbocycles. The highest BCUT2D eigenvalue weighted by atomic mass is 16.5. The summed E-state index contributed by atoms with van der Waals surface area (Å²) in [6.45, 7) is 8.10. The Morgan fingerprint density at radius 3 is 2.50 bits per heavy atom. The predicted molar refractivity (Wildman–Crippen MR) is 85.7 cm³/mol. The van der Waals surface area contributed by atoms with Crippen molar-refractivity contribution in [2.45, 2.75) is 45.1 Å². The molecule has 22 heavy (non-hydrogen) atoms. The predicted octanol–water partition coefficient (Wildman–Crippen LogP) is 2.36. The second-order valence-electron chi connectivity index (χ2n) is 6.90. The number of rotatable bonds is 2. The SMILES string of the molecule is CC(C)(C)c1noc(-c2ccc(N3CCC(N)CC3)nc2)n1. The van der Waals surface area contributed by atoms with Gasteiger partial charge in [0.1, 0.15) is 5.82 Å². The molecule has 2 aromatic heterocycles. The maximum absolute atomic E-state index is 5.94. The number of hydrogen-bond donors (Lipinski definition) is 1. The first-order valence-corrected chi connectivity index (χ1v) is 7.74. The second kappa shape index (κ2) is 5.68. The lowest BCUT2D eigenvalue weighted by atomic mass is 9.96. The van der Waals surface area contributed by atoms with E-state index in [0.29, 0.717) is 17.8 Å². The molecule has 0 aromatic carbocycles. The fourth-order valence-electron chi connectivity index (χ4n) is 2.47. The fraction of sp³-hybridized carbons (Fsp3) is 0.562. The Morgan fingerprint density at radius 2 is 1.95 bits per heavy atom. The van der Waals surface area contributed by atoms with E-state index in [2.05, 4.69) is 40.8 Å². The highest BCUT2D eigenvalue weighted by Gasteiger charge is 2.22. The van der Waals surface area contributed by atoms with Crippen LogP contribution >= 0.6 is 0 Å². The van der Waals surface area contributed by atoms with Crippen LogP contribution < -0.4 is 10.6 Å². The van der Waals surface area contributed by atoms with Gasteiger partial charge in [0.2, 0.25) is 0 Å². The molecule has 0 unspecified atom stereocenters. The third-order valence-electron chi connectivity index (χ3n) is 3.96. The summed E-state index contributed by atoms with van der Waals surface area (Å²) < 4.78 is 5.35. The molecule has 0 amide bonds. The zero-order chi connectivity index (χ0) is 15.7. The Kier molecular flexibility index (Phi) is 3.87. The molecule has 1 fully saturated rings. The summed E-state index contributed by atoms with van der Waals surface area (Å²) in [7, 11) is 0. The van der Waals surface area contributed by atoms with Crippen molar-refractivity contribution in [3.63, 3.8) is 0 Å². The summed E-state index contributed by atoms with van der Waals surface area (Å²) in [6, 6.07) is 4.31. The van der Waals surface area contributed by atoms with Gasteiger partial charge >= 0.3 is 0 Å². The largest absolute Gasteiger partial charge is 0.357 e. The molecule has 1 aliphatic rings. The second-order valence-corrected chi connectivity index (χ2v) is 6.90. The van der Waals surface area contributed by atoms with Crippen LogP contribution in [0.2, 0.25) is 0 Å². The summed E-state index contributed by atoms with van der Waals surface area (Å²) in [4.78, 5) is 11.3. The number of anilines is 1. The molecular formula is C16H23N5O. The molecular weight excluding hydrogens is 278 g/mol. The van der Waals surface area contributed by atoms with Crippen LogP contribution in [0.1, 0.15) is 39.4 Å². The summed E-state index contributed by atoms with van der Waals surface area (Å²) in [5.74, 6) is 2.20. The van der Waals surface area contributed by atoms with Gasteiger partial charge in [-0.25, -0.2) is 4.98 Å². The Labute approximate surface area is 130 Å². The first kappa shape index (κ1) is 15.0. The quantitative estimate of drug-likeness (QED) is 0.917. The normalized spacial score (nSPS) is 17.0. The van der Waals surface area contributed by atoms with Gasteiger partial charge in [-0.1, -0.05) is 25.9 Å². The lowest BCUT2D eigenvalue weighted by Crippen LogP contribution is -2.40. The standard InChI is InChI=1S/C16H23N5O/c1-16(2,3)15-19-14(22-20-15)11-4-5-13(18-10-11)21-8-6-12(17)7-9-21/h4-5,10,12H,6-9,17H2,1-3H3. The molecule has 1 aliphatic heterocycles. The Balaban J connectivity index is 1.75. The van der Waals surface area contributed by atoms with E-state index in [1.807, 2.05) is 12.1 Å². The highest BCUT2D eigenvalue weighted by molar-refractivity contribution is 5.54. The maximum Gasteiger partial charge on any atom is 0.259 e. The number of piperidine rings is 1. The number of pyridine rings is 1. The highest BCUT2D eigenvalue weighted by Crippen LogP contribution is 2.25. The van der Waals surface area contributed by atoms with Gasteiger partial charge in [-0.2, -0.15) is 4.98 Å². The van der Waals surface area contributed by atoms with Gasteiger partial charge in [0.05, 0.1) is 5.56 Å². The zero-order valence-electron chi connectivity index (χ0n) is 13.4. The van der Waals surface area contributed by atoms with Crippen LogP contribution in [0.3, 0.4) is 0 Å². The van der Waals surface area contributed by atoms with E-state index in [1.165, 1.54) is 0 Å². The molecule has 2 N–H and O–H groups in total. The van der Waals surface area contributed by atoms with Gasteiger partial charge < -0.3 is 15.2 Å². The molecule has 3 rings (SSSR count). The van der Waals surface area contributed by atoms with Crippen LogP contribution in [0.15, 0.2) is 22.9 Å². The van der Waals surface area contributed by atoms with Crippen molar-refractivity contribution in [1.82, 2.24) is 15.1 Å². The van der Waals surface area contributed by atoms with Gasteiger partial charge in [0, 0.05) is 30.7 Å². The van der Waals surface area contributed by atoms with Crippen molar-refractivity contribution < 1.29 is 4.52 Å². The molecule has 0 atom stereocenters. The summed E-state index contributed by atoms with van der Waals surface area (Å²) in [5, 5.41) is 4.05. The average molecular weight is 301 g/mol. The lowest BCUT2D eigenvalue weighted by molar-refractivity contribution is 0.402. The van der Waals surface area contributed by atoms with Crippen molar-refractivity contribution in [2.24, 2.45) is 5.73 Å². The molecule has 0 aliphatic carbocycles. The van der Waals surface area contributed by atoms with Crippen molar-refractivity contribution in [1.29, 1.82) is 0 Å². The van der Waals surface area contributed by atoms with Crippen molar-refractivity contribution in [3.8, 4) is 11.5 Å². The molecule has 6 nitrogen and oxygen atoms in total. The molecule has 0 bridgehead atoms. The minimum atomic E-state index is -0.123. The first-order chi connectivity index (χ1) is 10.4. The zero-order valence-corrected chi connectivity index (χ0v) is 13.4. The number of hydrogen-bond acceptors (Lipinski definition) is 6. The van der Waals surface area contributed by atoms with Gasteiger partial charge in [0.25, 0.3) is 5.89 Å². The number of aromatic nitrogens is 3. The van der Waals surface area contributed by atoms with E-state index >= 15 is 0 Å². The summed E-state index contributed by atoms with van der Waals surface area (Å²) >= 11 is 0. The van der Waals surface area contributed by atoms with Crippen LogP contribution in [0.4, 0.5) is 5.82 Å². The number of nitrogens with two attached hydrogens (primary N) is 1. The molecule has 2 aromatic rings.